The van der Waals surface area contributed by atoms with Crippen molar-refractivity contribution in [1.29, 1.82) is 0 Å². The Balaban J connectivity index is 1.75. The van der Waals surface area contributed by atoms with E-state index in [1.54, 1.807) is 0 Å². The Bertz CT molecular complexity index is 342. The van der Waals surface area contributed by atoms with Gasteiger partial charge in [0.05, 0.1) is 0 Å². The molecule has 3 aliphatic rings. The molecule has 3 rings (SSSR count). The van der Waals surface area contributed by atoms with Crippen LogP contribution in [0.1, 0.15) is 59.3 Å². The first-order valence-electron chi connectivity index (χ1n) is 8.14. The van der Waals surface area contributed by atoms with Crippen LogP contribution in [-0.2, 0) is 4.79 Å². The van der Waals surface area contributed by atoms with E-state index >= 15 is 0 Å². The second-order valence-electron chi connectivity index (χ2n) is 7.13. The molecule has 2 atom stereocenters. The van der Waals surface area contributed by atoms with Gasteiger partial charge >= 0.3 is 0 Å². The number of likely N-dealkylation sites (tertiary alicyclic amines) is 1. The molecule has 2 bridgehead atoms. The monoisotopic (exact) mass is 264 g/mol. The first kappa shape index (κ1) is 13.4. The van der Waals surface area contributed by atoms with Gasteiger partial charge in [0.2, 0.25) is 5.91 Å². The largest absolute Gasteiger partial charge is 0.334 e. The van der Waals surface area contributed by atoms with E-state index in [4.69, 9.17) is 0 Å². The second-order valence-corrected chi connectivity index (χ2v) is 7.13. The number of rotatable bonds is 3. The Morgan fingerprint density at radius 3 is 2.16 bits per heavy atom. The predicted molar refractivity (Wildman–Crippen MR) is 76.9 cm³/mol. The van der Waals surface area contributed by atoms with Crippen molar-refractivity contribution in [2.75, 3.05) is 13.1 Å². The summed E-state index contributed by atoms with van der Waals surface area (Å²) in [4.78, 5) is 17.8. The van der Waals surface area contributed by atoms with Crippen LogP contribution in [0.4, 0.5) is 0 Å². The molecule has 2 saturated heterocycles. The van der Waals surface area contributed by atoms with E-state index in [-0.39, 0.29) is 5.41 Å². The summed E-state index contributed by atoms with van der Waals surface area (Å²) in [5, 5.41) is 0. The van der Waals surface area contributed by atoms with E-state index in [1.807, 2.05) is 0 Å². The summed E-state index contributed by atoms with van der Waals surface area (Å²) in [6, 6.07) is 1.61. The number of fused-ring (bicyclic) bond motifs is 2. The van der Waals surface area contributed by atoms with Crippen LogP contribution in [0, 0.1) is 5.41 Å². The van der Waals surface area contributed by atoms with E-state index in [1.165, 1.54) is 19.3 Å². The topological polar surface area (TPSA) is 23.6 Å². The lowest BCUT2D eigenvalue weighted by Crippen LogP contribution is -2.61. The fraction of sp³-hybridized carbons (Fsp3) is 0.938. The molecule has 3 nitrogen and oxygen atoms in total. The number of nitrogens with zero attached hydrogens (tertiary/aromatic N) is 2. The highest BCUT2D eigenvalue weighted by Crippen LogP contribution is 2.47. The number of piperazine rings is 1. The number of carbonyl (C=O) groups excluding carboxylic acids is 1. The standard InChI is InChI=1S/C16H28N2O/c1-4-16(8-5-9-16)15(19)18-13-6-7-14(18)11-17(10-13)12(2)3/h12-14H,4-11H2,1-3H3. The van der Waals surface area contributed by atoms with Gasteiger partial charge in [-0.15, -0.1) is 0 Å². The average Bonchev–Trinajstić information content (AvgIpc) is 2.58. The van der Waals surface area contributed by atoms with Crippen LogP contribution >= 0.6 is 0 Å². The third kappa shape index (κ3) is 2.01. The van der Waals surface area contributed by atoms with Crippen LogP contribution in [0.2, 0.25) is 0 Å². The van der Waals surface area contributed by atoms with Crippen molar-refractivity contribution >= 4 is 5.91 Å². The maximum Gasteiger partial charge on any atom is 0.229 e. The maximum absolute atomic E-state index is 13.0. The average molecular weight is 264 g/mol. The molecule has 2 aliphatic heterocycles. The lowest BCUT2D eigenvalue weighted by atomic mass is 9.66. The van der Waals surface area contributed by atoms with Crippen LogP contribution < -0.4 is 0 Å². The van der Waals surface area contributed by atoms with E-state index < -0.39 is 0 Å². The zero-order valence-electron chi connectivity index (χ0n) is 12.7. The summed E-state index contributed by atoms with van der Waals surface area (Å²) in [5.74, 6) is 0.497. The highest BCUT2D eigenvalue weighted by molar-refractivity contribution is 5.84. The molecular formula is C16H28N2O. The summed E-state index contributed by atoms with van der Waals surface area (Å²) in [6.45, 7) is 8.94. The molecule has 3 heteroatoms. The Labute approximate surface area is 117 Å². The molecule has 19 heavy (non-hydrogen) atoms. The first-order chi connectivity index (χ1) is 9.07. The van der Waals surface area contributed by atoms with Crippen molar-refractivity contribution in [2.45, 2.75) is 77.4 Å². The molecule has 1 saturated carbocycles. The molecule has 108 valence electrons. The molecule has 2 heterocycles. The van der Waals surface area contributed by atoms with Crippen molar-refractivity contribution in [3.63, 3.8) is 0 Å². The van der Waals surface area contributed by atoms with E-state index in [2.05, 4.69) is 30.6 Å². The lowest BCUT2D eigenvalue weighted by Gasteiger charge is -2.49. The van der Waals surface area contributed by atoms with Crippen molar-refractivity contribution in [2.24, 2.45) is 5.41 Å². The molecule has 2 unspecified atom stereocenters. The van der Waals surface area contributed by atoms with Gasteiger partial charge in [-0.3, -0.25) is 9.69 Å². The van der Waals surface area contributed by atoms with Gasteiger partial charge in [0.25, 0.3) is 0 Å². The van der Waals surface area contributed by atoms with Crippen LogP contribution in [0.3, 0.4) is 0 Å². The van der Waals surface area contributed by atoms with Crippen LogP contribution in [0.25, 0.3) is 0 Å². The molecule has 0 aromatic carbocycles. The molecule has 1 aliphatic carbocycles. The predicted octanol–water partition coefficient (Wildman–Crippen LogP) is 2.65. The Morgan fingerprint density at radius 1 is 1.21 bits per heavy atom. The normalized spacial score (nSPS) is 33.6. The third-order valence-electron chi connectivity index (χ3n) is 5.92. The van der Waals surface area contributed by atoms with Crippen LogP contribution in [-0.4, -0.2) is 46.9 Å². The van der Waals surface area contributed by atoms with E-state index in [0.717, 1.165) is 32.4 Å². The number of hydrogen-bond acceptors (Lipinski definition) is 2. The lowest BCUT2D eigenvalue weighted by molar-refractivity contribution is -0.154. The van der Waals surface area contributed by atoms with Gasteiger partial charge in [-0.05, 0) is 46.0 Å². The van der Waals surface area contributed by atoms with Gasteiger partial charge in [0.1, 0.15) is 0 Å². The van der Waals surface area contributed by atoms with Gasteiger partial charge < -0.3 is 4.90 Å². The molecule has 0 aromatic heterocycles. The SMILES string of the molecule is CCC1(C(=O)N2C3CCC2CN(C(C)C)C3)CCC1. The smallest absolute Gasteiger partial charge is 0.229 e. The number of hydrogen-bond donors (Lipinski definition) is 0. The number of amides is 1. The summed E-state index contributed by atoms with van der Waals surface area (Å²) in [5.41, 5.74) is 0.0286. The fourth-order valence-corrected chi connectivity index (χ4v) is 4.28. The summed E-state index contributed by atoms with van der Waals surface area (Å²) < 4.78 is 0. The van der Waals surface area contributed by atoms with E-state index in [0.29, 0.717) is 24.0 Å². The third-order valence-corrected chi connectivity index (χ3v) is 5.92. The highest BCUT2D eigenvalue weighted by Gasteiger charge is 2.51. The molecule has 0 aromatic rings. The second kappa shape index (κ2) is 4.76. The molecule has 0 radical (unpaired) electrons. The van der Waals surface area contributed by atoms with E-state index in [9.17, 15) is 4.79 Å². The van der Waals surface area contributed by atoms with Gasteiger partial charge in [-0.1, -0.05) is 13.3 Å². The summed E-state index contributed by atoms with van der Waals surface area (Å²) in [7, 11) is 0. The summed E-state index contributed by atoms with van der Waals surface area (Å²) in [6.07, 6.45) is 6.99. The zero-order valence-corrected chi connectivity index (χ0v) is 12.7. The molecule has 3 fully saturated rings. The van der Waals surface area contributed by atoms with Crippen molar-refractivity contribution in [3.05, 3.63) is 0 Å². The van der Waals surface area contributed by atoms with Crippen molar-refractivity contribution in [3.8, 4) is 0 Å². The van der Waals surface area contributed by atoms with Gasteiger partial charge in [0.15, 0.2) is 0 Å². The van der Waals surface area contributed by atoms with Crippen molar-refractivity contribution < 1.29 is 4.79 Å². The van der Waals surface area contributed by atoms with Gasteiger partial charge in [0, 0.05) is 36.6 Å². The molecule has 0 N–H and O–H groups in total. The first-order valence-corrected chi connectivity index (χ1v) is 8.14. The van der Waals surface area contributed by atoms with Crippen molar-refractivity contribution in [1.82, 2.24) is 9.80 Å². The summed E-state index contributed by atoms with van der Waals surface area (Å²) >= 11 is 0. The maximum atomic E-state index is 13.0. The van der Waals surface area contributed by atoms with Crippen LogP contribution in [0.5, 0.6) is 0 Å². The minimum absolute atomic E-state index is 0.0286. The minimum Gasteiger partial charge on any atom is -0.334 e. The molecule has 0 spiro atoms. The molecular weight excluding hydrogens is 236 g/mol. The van der Waals surface area contributed by atoms with Gasteiger partial charge in [-0.25, -0.2) is 0 Å². The zero-order chi connectivity index (χ0) is 13.6. The van der Waals surface area contributed by atoms with Crippen LogP contribution in [0.15, 0.2) is 0 Å². The van der Waals surface area contributed by atoms with Gasteiger partial charge in [-0.2, -0.15) is 0 Å². The Kier molecular flexibility index (Phi) is 3.36. The fourth-order valence-electron chi connectivity index (χ4n) is 4.28. The minimum atomic E-state index is 0.0286. The molecule has 1 amide bonds. The number of carbonyl (C=O) groups is 1. The highest BCUT2D eigenvalue weighted by atomic mass is 16.2. The Morgan fingerprint density at radius 2 is 1.79 bits per heavy atom. The quantitative estimate of drug-likeness (QED) is 0.782. The Hall–Kier alpha value is -0.570.